The van der Waals surface area contributed by atoms with Gasteiger partial charge in [-0.3, -0.25) is 9.59 Å². The third-order valence-corrected chi connectivity index (χ3v) is 3.52. The Morgan fingerprint density at radius 3 is 2.73 bits per heavy atom. The number of nitrogens with one attached hydrogen (secondary N) is 1. The van der Waals surface area contributed by atoms with Crippen molar-refractivity contribution in [2.45, 2.75) is 6.92 Å². The second kappa shape index (κ2) is 5.07. The molecule has 6 nitrogen and oxygen atoms in total. The number of rotatable bonds is 1. The Hall–Kier alpha value is -3.02. The minimum absolute atomic E-state index is 0.0835. The van der Waals surface area contributed by atoms with Gasteiger partial charge < -0.3 is 20.1 Å². The van der Waals surface area contributed by atoms with E-state index in [1.807, 2.05) is 0 Å². The Morgan fingerprint density at radius 1 is 1.23 bits per heavy atom. The number of ether oxygens (including phenoxy) is 1. The van der Waals surface area contributed by atoms with Crippen LogP contribution in [0.15, 0.2) is 36.4 Å². The van der Waals surface area contributed by atoms with E-state index in [1.165, 1.54) is 17.9 Å². The number of carbonyl (C=O) groups excluding carboxylic acids is 2. The Labute approximate surface area is 126 Å². The first-order valence-electron chi connectivity index (χ1n) is 6.67. The topological polar surface area (TPSA) is 78.9 Å². The quantitative estimate of drug-likeness (QED) is 0.848. The number of carbonyl (C=O) groups is 2. The Bertz CT molecular complexity index is 786. The van der Waals surface area contributed by atoms with Crippen molar-refractivity contribution < 1.29 is 19.4 Å². The molecule has 1 aliphatic rings. The molecule has 2 aromatic rings. The number of anilines is 2. The van der Waals surface area contributed by atoms with E-state index in [0.29, 0.717) is 17.1 Å². The lowest BCUT2D eigenvalue weighted by Gasteiger charge is -2.17. The number of hydrogen-bond donors (Lipinski definition) is 2. The molecule has 0 aromatic heterocycles. The molecule has 0 bridgehead atoms. The predicted octanol–water partition coefficient (Wildman–Crippen LogP) is 2.73. The first kappa shape index (κ1) is 13.9. The standard InChI is InChI=1S/C16H14N2O4/c1-9(19)18(2)10-6-7-13-11(8-10)17-16(21)15-12(20)4-3-5-14(15)22-13/h3-8,20H,1-2H3,(H,17,21). The Kier molecular flexibility index (Phi) is 3.21. The number of phenolic OH excluding ortho intramolecular Hbond substituents is 1. The van der Waals surface area contributed by atoms with Gasteiger partial charge in [-0.25, -0.2) is 0 Å². The van der Waals surface area contributed by atoms with Crippen LogP contribution in [0.1, 0.15) is 17.3 Å². The van der Waals surface area contributed by atoms with Crippen LogP contribution in [0.5, 0.6) is 17.2 Å². The fraction of sp³-hybridized carbons (Fsp3) is 0.125. The molecule has 0 saturated carbocycles. The zero-order valence-electron chi connectivity index (χ0n) is 12.1. The zero-order chi connectivity index (χ0) is 15.9. The van der Waals surface area contributed by atoms with E-state index in [0.717, 1.165) is 0 Å². The van der Waals surface area contributed by atoms with Crippen molar-refractivity contribution in [1.29, 1.82) is 0 Å². The van der Waals surface area contributed by atoms with Gasteiger partial charge in [0.25, 0.3) is 5.91 Å². The molecular formula is C16H14N2O4. The van der Waals surface area contributed by atoms with Crippen LogP contribution in [0.25, 0.3) is 0 Å². The summed E-state index contributed by atoms with van der Waals surface area (Å²) >= 11 is 0. The maximum atomic E-state index is 12.3. The summed E-state index contributed by atoms with van der Waals surface area (Å²) in [6, 6.07) is 9.68. The lowest BCUT2D eigenvalue weighted by atomic mass is 10.1. The second-order valence-electron chi connectivity index (χ2n) is 4.96. The summed E-state index contributed by atoms with van der Waals surface area (Å²) in [4.78, 5) is 25.2. The van der Waals surface area contributed by atoms with E-state index >= 15 is 0 Å². The molecule has 2 N–H and O–H groups in total. The van der Waals surface area contributed by atoms with Gasteiger partial charge in [0, 0.05) is 19.7 Å². The fourth-order valence-electron chi connectivity index (χ4n) is 2.23. The van der Waals surface area contributed by atoms with Gasteiger partial charge in [-0.05, 0) is 30.3 Å². The number of amides is 2. The van der Waals surface area contributed by atoms with Gasteiger partial charge in [-0.2, -0.15) is 0 Å². The first-order valence-corrected chi connectivity index (χ1v) is 6.67. The minimum atomic E-state index is -0.463. The molecule has 0 fully saturated rings. The van der Waals surface area contributed by atoms with E-state index < -0.39 is 5.91 Å². The van der Waals surface area contributed by atoms with Gasteiger partial charge in [0.2, 0.25) is 5.91 Å². The van der Waals surface area contributed by atoms with Crippen molar-refractivity contribution in [2.75, 3.05) is 17.3 Å². The Balaban J connectivity index is 2.07. The number of aromatic hydroxyl groups is 1. The highest BCUT2D eigenvalue weighted by atomic mass is 16.5. The van der Waals surface area contributed by atoms with Gasteiger partial charge in [-0.15, -0.1) is 0 Å². The molecule has 0 saturated heterocycles. The molecular weight excluding hydrogens is 284 g/mol. The summed E-state index contributed by atoms with van der Waals surface area (Å²) < 4.78 is 5.70. The third kappa shape index (κ3) is 2.24. The molecule has 2 amide bonds. The molecule has 1 aliphatic heterocycles. The number of nitrogens with zero attached hydrogens (tertiary/aromatic N) is 1. The zero-order valence-corrected chi connectivity index (χ0v) is 12.1. The van der Waals surface area contributed by atoms with Gasteiger partial charge in [0.1, 0.15) is 17.1 Å². The summed E-state index contributed by atoms with van der Waals surface area (Å²) in [6.45, 7) is 1.45. The molecule has 0 aliphatic carbocycles. The average Bonchev–Trinajstić information content (AvgIpc) is 2.62. The summed E-state index contributed by atoms with van der Waals surface area (Å²) in [5.74, 6) is -0.0116. The van der Waals surface area contributed by atoms with Crippen LogP contribution in [0, 0.1) is 0 Å². The van der Waals surface area contributed by atoms with Crippen molar-refractivity contribution in [3.05, 3.63) is 42.0 Å². The molecule has 6 heteroatoms. The van der Waals surface area contributed by atoms with E-state index in [9.17, 15) is 14.7 Å². The normalized spacial score (nSPS) is 12.4. The van der Waals surface area contributed by atoms with Crippen molar-refractivity contribution in [2.24, 2.45) is 0 Å². The van der Waals surface area contributed by atoms with Crippen molar-refractivity contribution >= 4 is 23.2 Å². The van der Waals surface area contributed by atoms with Gasteiger partial charge in [0.05, 0.1) is 5.69 Å². The number of hydrogen-bond acceptors (Lipinski definition) is 4. The third-order valence-electron chi connectivity index (χ3n) is 3.52. The summed E-state index contributed by atoms with van der Waals surface area (Å²) in [5, 5.41) is 12.5. The molecule has 112 valence electrons. The summed E-state index contributed by atoms with van der Waals surface area (Å²) in [6.07, 6.45) is 0. The van der Waals surface area contributed by atoms with Crippen LogP contribution < -0.4 is 15.0 Å². The maximum Gasteiger partial charge on any atom is 0.263 e. The predicted molar refractivity (Wildman–Crippen MR) is 81.7 cm³/mol. The van der Waals surface area contributed by atoms with Crippen LogP contribution in [-0.4, -0.2) is 24.0 Å². The molecule has 3 rings (SSSR count). The van der Waals surface area contributed by atoms with E-state index in [2.05, 4.69) is 5.32 Å². The highest BCUT2D eigenvalue weighted by Gasteiger charge is 2.24. The lowest BCUT2D eigenvalue weighted by molar-refractivity contribution is -0.116. The van der Waals surface area contributed by atoms with Crippen molar-refractivity contribution in [3.8, 4) is 17.2 Å². The number of phenols is 1. The minimum Gasteiger partial charge on any atom is -0.507 e. The summed E-state index contributed by atoms with van der Waals surface area (Å²) in [7, 11) is 1.64. The largest absolute Gasteiger partial charge is 0.507 e. The van der Waals surface area contributed by atoms with Crippen LogP contribution >= 0.6 is 0 Å². The highest BCUT2D eigenvalue weighted by molar-refractivity contribution is 6.10. The second-order valence-corrected chi connectivity index (χ2v) is 4.96. The van der Waals surface area contributed by atoms with E-state index in [-0.39, 0.29) is 23.0 Å². The van der Waals surface area contributed by atoms with E-state index in [4.69, 9.17) is 4.74 Å². The highest BCUT2D eigenvalue weighted by Crippen LogP contribution is 2.40. The molecule has 1 heterocycles. The van der Waals surface area contributed by atoms with Gasteiger partial charge in [-0.1, -0.05) is 6.07 Å². The van der Waals surface area contributed by atoms with Crippen LogP contribution in [0.4, 0.5) is 11.4 Å². The molecule has 0 radical (unpaired) electrons. The number of benzene rings is 2. The Morgan fingerprint density at radius 2 is 2.00 bits per heavy atom. The smallest absolute Gasteiger partial charge is 0.263 e. The van der Waals surface area contributed by atoms with Crippen LogP contribution in [0.2, 0.25) is 0 Å². The lowest BCUT2D eigenvalue weighted by Crippen LogP contribution is -2.22. The molecule has 0 spiro atoms. The van der Waals surface area contributed by atoms with E-state index in [1.54, 1.807) is 37.4 Å². The molecule has 0 unspecified atom stereocenters. The monoisotopic (exact) mass is 298 g/mol. The van der Waals surface area contributed by atoms with Crippen molar-refractivity contribution in [1.82, 2.24) is 0 Å². The SMILES string of the molecule is CC(=O)N(C)c1ccc2c(c1)NC(=O)c1c(O)cccc1O2. The molecule has 0 atom stereocenters. The molecule has 22 heavy (non-hydrogen) atoms. The average molecular weight is 298 g/mol. The fourth-order valence-corrected chi connectivity index (χ4v) is 2.23. The van der Waals surface area contributed by atoms with Gasteiger partial charge >= 0.3 is 0 Å². The van der Waals surface area contributed by atoms with Crippen LogP contribution in [0.3, 0.4) is 0 Å². The first-order chi connectivity index (χ1) is 10.5. The van der Waals surface area contributed by atoms with Crippen molar-refractivity contribution in [3.63, 3.8) is 0 Å². The van der Waals surface area contributed by atoms with Gasteiger partial charge in [0.15, 0.2) is 5.75 Å². The summed E-state index contributed by atoms with van der Waals surface area (Å²) in [5.41, 5.74) is 1.15. The number of fused-ring (bicyclic) bond motifs is 2. The maximum absolute atomic E-state index is 12.3. The molecule has 2 aromatic carbocycles. The van der Waals surface area contributed by atoms with Crippen LogP contribution in [-0.2, 0) is 4.79 Å².